The molecular formula is C17H11BrN2O. The highest BCUT2D eigenvalue weighted by molar-refractivity contribution is 9.10. The van der Waals surface area contributed by atoms with Crippen molar-refractivity contribution in [3.05, 3.63) is 70.7 Å². The summed E-state index contributed by atoms with van der Waals surface area (Å²) in [7, 11) is 0. The summed E-state index contributed by atoms with van der Waals surface area (Å²) in [6, 6.07) is 13.5. The Hall–Kier alpha value is -2.20. The summed E-state index contributed by atoms with van der Waals surface area (Å²) in [5.74, 6) is 0.450. The number of anilines is 1. The number of fused-ring (bicyclic) bond motifs is 4. The Morgan fingerprint density at radius 3 is 2.86 bits per heavy atom. The zero-order valence-corrected chi connectivity index (χ0v) is 12.7. The predicted molar refractivity (Wildman–Crippen MR) is 87.4 cm³/mol. The third kappa shape index (κ3) is 1.66. The van der Waals surface area contributed by atoms with Crippen molar-refractivity contribution in [1.82, 2.24) is 0 Å². The van der Waals surface area contributed by atoms with Crippen LogP contribution in [0.4, 0.5) is 11.4 Å². The molecule has 0 N–H and O–H groups in total. The first-order valence-electron chi connectivity index (χ1n) is 6.64. The molecule has 2 aliphatic heterocycles. The molecule has 0 aliphatic carbocycles. The lowest BCUT2D eigenvalue weighted by Crippen LogP contribution is -2.35. The van der Waals surface area contributed by atoms with Crippen LogP contribution in [-0.4, -0.2) is 11.6 Å². The highest BCUT2D eigenvalue weighted by Crippen LogP contribution is 2.44. The van der Waals surface area contributed by atoms with Crippen molar-refractivity contribution >= 4 is 38.9 Å². The minimum atomic E-state index is -0.0757. The minimum absolute atomic E-state index is 0.0288. The maximum atomic E-state index is 12.6. The maximum absolute atomic E-state index is 12.6. The van der Waals surface area contributed by atoms with Gasteiger partial charge in [-0.3, -0.25) is 4.79 Å². The number of amidine groups is 1. The highest BCUT2D eigenvalue weighted by Gasteiger charge is 2.40. The molecule has 0 amide bonds. The minimum Gasteiger partial charge on any atom is -0.311 e. The van der Waals surface area contributed by atoms with Gasteiger partial charge < -0.3 is 4.90 Å². The summed E-state index contributed by atoms with van der Waals surface area (Å²) in [6.45, 7) is 3.94. The fourth-order valence-corrected chi connectivity index (χ4v) is 3.30. The fourth-order valence-electron chi connectivity index (χ4n) is 2.95. The van der Waals surface area contributed by atoms with Crippen LogP contribution in [0.2, 0.25) is 0 Å². The molecule has 4 rings (SSSR count). The van der Waals surface area contributed by atoms with Gasteiger partial charge in [-0.05, 0) is 24.3 Å². The van der Waals surface area contributed by atoms with Gasteiger partial charge in [0, 0.05) is 15.6 Å². The average Bonchev–Trinajstić information content (AvgIpc) is 2.77. The van der Waals surface area contributed by atoms with E-state index in [1.165, 1.54) is 0 Å². The van der Waals surface area contributed by atoms with E-state index in [1.54, 1.807) is 0 Å². The van der Waals surface area contributed by atoms with Crippen molar-refractivity contribution in [1.29, 1.82) is 0 Å². The van der Waals surface area contributed by atoms with Gasteiger partial charge in [0.2, 0.25) is 5.78 Å². The molecule has 21 heavy (non-hydrogen) atoms. The first kappa shape index (κ1) is 12.5. The van der Waals surface area contributed by atoms with Crippen molar-refractivity contribution in [2.24, 2.45) is 4.99 Å². The van der Waals surface area contributed by atoms with Crippen LogP contribution < -0.4 is 4.90 Å². The smallest absolute Gasteiger partial charge is 0.230 e. The second-order valence-electron chi connectivity index (χ2n) is 5.04. The van der Waals surface area contributed by atoms with Crippen molar-refractivity contribution in [2.75, 3.05) is 4.90 Å². The standard InChI is InChI=1S/C17H11BrN2O/c1-2-14-11-5-3-4-6-13(11)19-17-16(21)12-8-7-10(18)9-15(12)20(14)17/h2-9,14H,1H2/t14-/m0/s1. The van der Waals surface area contributed by atoms with E-state index in [0.29, 0.717) is 11.4 Å². The van der Waals surface area contributed by atoms with Gasteiger partial charge in [-0.25, -0.2) is 4.99 Å². The third-order valence-electron chi connectivity index (χ3n) is 3.88. The lowest BCUT2D eigenvalue weighted by Gasteiger charge is -2.32. The van der Waals surface area contributed by atoms with Gasteiger partial charge in [-0.1, -0.05) is 40.2 Å². The number of rotatable bonds is 1. The average molecular weight is 339 g/mol. The third-order valence-corrected chi connectivity index (χ3v) is 4.37. The normalized spacial score (nSPS) is 18.7. The van der Waals surface area contributed by atoms with E-state index in [1.807, 2.05) is 53.4 Å². The number of benzene rings is 2. The summed E-state index contributed by atoms with van der Waals surface area (Å²) in [6.07, 6.45) is 1.86. The molecule has 102 valence electrons. The summed E-state index contributed by atoms with van der Waals surface area (Å²) in [4.78, 5) is 19.1. The quantitative estimate of drug-likeness (QED) is 0.721. The SMILES string of the molecule is C=C[C@H]1c2ccccc2N=C2C(=O)c3ccc(Br)cc3N21. The van der Waals surface area contributed by atoms with Crippen molar-refractivity contribution in [2.45, 2.75) is 6.04 Å². The molecule has 0 aromatic heterocycles. The number of aliphatic imine (C=N–C) groups is 1. The summed E-state index contributed by atoms with van der Waals surface area (Å²) >= 11 is 3.47. The van der Waals surface area contributed by atoms with Gasteiger partial charge in [0.05, 0.1) is 17.4 Å². The summed E-state index contributed by atoms with van der Waals surface area (Å²) in [5, 5.41) is 0. The fraction of sp³-hybridized carbons (Fsp3) is 0.0588. The van der Waals surface area contributed by atoms with Crippen LogP contribution in [-0.2, 0) is 0 Å². The molecule has 1 atom stereocenters. The van der Waals surface area contributed by atoms with Crippen LogP contribution in [0.1, 0.15) is 22.0 Å². The van der Waals surface area contributed by atoms with Crippen LogP contribution in [0.3, 0.4) is 0 Å². The van der Waals surface area contributed by atoms with Gasteiger partial charge in [-0.15, -0.1) is 6.58 Å². The van der Waals surface area contributed by atoms with Gasteiger partial charge in [0.15, 0.2) is 5.84 Å². The van der Waals surface area contributed by atoms with E-state index < -0.39 is 0 Å². The van der Waals surface area contributed by atoms with Crippen LogP contribution >= 0.6 is 15.9 Å². The van der Waals surface area contributed by atoms with Crippen molar-refractivity contribution in [3.63, 3.8) is 0 Å². The van der Waals surface area contributed by atoms with Gasteiger partial charge in [0.25, 0.3) is 0 Å². The molecule has 4 heteroatoms. The number of ketones is 1. The first-order valence-corrected chi connectivity index (χ1v) is 7.43. The van der Waals surface area contributed by atoms with Crippen LogP contribution in [0.25, 0.3) is 0 Å². The first-order chi connectivity index (χ1) is 10.2. The topological polar surface area (TPSA) is 32.7 Å². The Balaban J connectivity index is 2.01. The van der Waals surface area contributed by atoms with E-state index in [-0.39, 0.29) is 11.8 Å². The van der Waals surface area contributed by atoms with Crippen LogP contribution in [0.5, 0.6) is 0 Å². The molecular weight excluding hydrogens is 328 g/mol. The molecule has 2 aromatic carbocycles. The molecule has 0 radical (unpaired) electrons. The molecule has 3 nitrogen and oxygen atoms in total. The number of Topliss-reactive ketones (excluding diaryl/α,β-unsaturated/α-hetero) is 1. The van der Waals surface area contributed by atoms with E-state index in [4.69, 9.17) is 0 Å². The number of hydrogen-bond donors (Lipinski definition) is 0. The highest BCUT2D eigenvalue weighted by atomic mass is 79.9. The molecule has 0 bridgehead atoms. The molecule has 0 saturated heterocycles. The van der Waals surface area contributed by atoms with E-state index in [9.17, 15) is 4.79 Å². The molecule has 0 unspecified atom stereocenters. The lowest BCUT2D eigenvalue weighted by atomic mass is 10.0. The number of carbonyl (C=O) groups is 1. The van der Waals surface area contributed by atoms with Crippen molar-refractivity contribution < 1.29 is 4.79 Å². The zero-order valence-electron chi connectivity index (χ0n) is 11.1. The molecule has 0 saturated carbocycles. The zero-order chi connectivity index (χ0) is 14.6. The van der Waals surface area contributed by atoms with Crippen molar-refractivity contribution in [3.8, 4) is 0 Å². The Morgan fingerprint density at radius 2 is 2.05 bits per heavy atom. The molecule has 2 heterocycles. The number of nitrogens with zero attached hydrogens (tertiary/aromatic N) is 2. The molecule has 0 spiro atoms. The maximum Gasteiger partial charge on any atom is 0.230 e. The second kappa shape index (κ2) is 4.40. The predicted octanol–water partition coefficient (Wildman–Crippen LogP) is 4.42. The summed E-state index contributed by atoms with van der Waals surface area (Å²) < 4.78 is 0.942. The Morgan fingerprint density at radius 1 is 1.24 bits per heavy atom. The lowest BCUT2D eigenvalue weighted by molar-refractivity contribution is 0.106. The Bertz CT molecular complexity index is 825. The molecule has 2 aromatic rings. The number of hydrogen-bond acceptors (Lipinski definition) is 3. The van der Waals surface area contributed by atoms with E-state index in [0.717, 1.165) is 21.4 Å². The van der Waals surface area contributed by atoms with E-state index >= 15 is 0 Å². The number of halogens is 1. The number of carbonyl (C=O) groups excluding carboxylic acids is 1. The van der Waals surface area contributed by atoms with Gasteiger partial charge in [0.1, 0.15) is 0 Å². The van der Waals surface area contributed by atoms with Gasteiger partial charge in [-0.2, -0.15) is 0 Å². The van der Waals surface area contributed by atoms with Crippen LogP contribution in [0, 0.1) is 0 Å². The largest absolute Gasteiger partial charge is 0.311 e. The molecule has 2 aliphatic rings. The van der Waals surface area contributed by atoms with E-state index in [2.05, 4.69) is 27.5 Å². The Kier molecular flexibility index (Phi) is 2.62. The monoisotopic (exact) mass is 338 g/mol. The van der Waals surface area contributed by atoms with Crippen LogP contribution in [0.15, 0.2) is 64.6 Å². The Labute approximate surface area is 130 Å². The second-order valence-corrected chi connectivity index (χ2v) is 5.95. The summed E-state index contributed by atoms with van der Waals surface area (Å²) in [5.41, 5.74) is 3.48. The molecule has 0 fully saturated rings. The van der Waals surface area contributed by atoms with Gasteiger partial charge >= 0.3 is 0 Å². The number of para-hydroxylation sites is 1.